The van der Waals surface area contributed by atoms with Crippen LogP contribution >= 0.6 is 11.6 Å². The zero-order valence-corrected chi connectivity index (χ0v) is 17.2. The second-order valence-electron chi connectivity index (χ2n) is 6.79. The fraction of sp³-hybridized carbons (Fsp3) is 0.333. The summed E-state index contributed by atoms with van der Waals surface area (Å²) < 4.78 is 11.0. The minimum absolute atomic E-state index is 0.0401. The van der Waals surface area contributed by atoms with Crippen LogP contribution in [0.5, 0.6) is 5.88 Å². The molecule has 0 saturated heterocycles. The molecule has 0 atom stereocenters. The lowest BCUT2D eigenvalue weighted by molar-refractivity contribution is -0.136. The number of aryl methyl sites for hydroxylation is 1. The fourth-order valence-electron chi connectivity index (χ4n) is 3.04. The van der Waals surface area contributed by atoms with E-state index in [-0.39, 0.29) is 12.5 Å². The summed E-state index contributed by atoms with van der Waals surface area (Å²) in [5.41, 5.74) is 3.39. The Hall–Kier alpha value is -2.93. The molecule has 3 rings (SSSR count). The number of carboxylic acids is 1. The molecule has 0 aliphatic rings. The van der Waals surface area contributed by atoms with Crippen molar-refractivity contribution in [3.63, 3.8) is 0 Å². The van der Waals surface area contributed by atoms with E-state index in [2.05, 4.69) is 15.1 Å². The van der Waals surface area contributed by atoms with Crippen LogP contribution in [0.4, 0.5) is 0 Å². The molecule has 0 aliphatic carbocycles. The number of aromatic nitrogens is 3. The number of halogens is 1. The standard InChI is InChI=1S/C21H22ClN3O4/c1-4-15-13(8-9-18(26)27)6-5-7-16(15)19-24-20(29-25-19)14-10-17(22)21(23-11-14)28-12(2)3/h5-7,10-12H,4,8-9H2,1-3H3,(H,26,27). The van der Waals surface area contributed by atoms with E-state index in [9.17, 15) is 4.79 Å². The molecule has 0 radical (unpaired) electrons. The van der Waals surface area contributed by atoms with Crippen LogP contribution in [0.2, 0.25) is 5.02 Å². The maximum atomic E-state index is 10.9. The molecule has 2 heterocycles. The first kappa shape index (κ1) is 20.8. The molecule has 1 N–H and O–H groups in total. The predicted octanol–water partition coefficient (Wildman–Crippen LogP) is 4.82. The number of hydrogen-bond acceptors (Lipinski definition) is 6. The van der Waals surface area contributed by atoms with Crippen LogP contribution < -0.4 is 4.74 Å². The van der Waals surface area contributed by atoms with Crippen molar-refractivity contribution in [2.24, 2.45) is 0 Å². The number of aliphatic carboxylic acids is 1. The van der Waals surface area contributed by atoms with Gasteiger partial charge < -0.3 is 14.4 Å². The topological polar surface area (TPSA) is 98.3 Å². The van der Waals surface area contributed by atoms with Gasteiger partial charge in [0.15, 0.2) is 0 Å². The van der Waals surface area contributed by atoms with E-state index >= 15 is 0 Å². The minimum Gasteiger partial charge on any atom is -0.481 e. The number of pyridine rings is 1. The summed E-state index contributed by atoms with van der Waals surface area (Å²) in [4.78, 5) is 19.7. The lowest BCUT2D eigenvalue weighted by Gasteiger charge is -2.10. The Morgan fingerprint density at radius 2 is 2.14 bits per heavy atom. The highest BCUT2D eigenvalue weighted by atomic mass is 35.5. The van der Waals surface area contributed by atoms with Gasteiger partial charge in [-0.15, -0.1) is 0 Å². The maximum Gasteiger partial charge on any atom is 0.303 e. The number of ether oxygens (including phenoxy) is 1. The molecule has 29 heavy (non-hydrogen) atoms. The van der Waals surface area contributed by atoms with E-state index in [0.717, 1.165) is 23.1 Å². The Balaban J connectivity index is 1.91. The van der Waals surface area contributed by atoms with Crippen molar-refractivity contribution in [3.8, 4) is 28.7 Å². The number of rotatable bonds is 8. The highest BCUT2D eigenvalue weighted by molar-refractivity contribution is 6.32. The highest BCUT2D eigenvalue weighted by Gasteiger charge is 2.17. The van der Waals surface area contributed by atoms with Crippen LogP contribution in [0, 0.1) is 0 Å². The van der Waals surface area contributed by atoms with Gasteiger partial charge in [0.2, 0.25) is 11.7 Å². The summed E-state index contributed by atoms with van der Waals surface area (Å²) in [7, 11) is 0. The lowest BCUT2D eigenvalue weighted by atomic mass is 9.95. The summed E-state index contributed by atoms with van der Waals surface area (Å²) >= 11 is 6.25. The SMILES string of the molecule is CCc1c(CCC(=O)O)cccc1-c1noc(-c2cnc(OC(C)C)c(Cl)c2)n1. The molecule has 1 aromatic carbocycles. The Morgan fingerprint density at radius 1 is 1.34 bits per heavy atom. The normalized spacial score (nSPS) is 11.1. The van der Waals surface area contributed by atoms with Gasteiger partial charge in [-0.2, -0.15) is 4.98 Å². The Labute approximate surface area is 173 Å². The van der Waals surface area contributed by atoms with Gasteiger partial charge in [-0.1, -0.05) is 41.9 Å². The van der Waals surface area contributed by atoms with Gasteiger partial charge in [0.1, 0.15) is 5.02 Å². The van der Waals surface area contributed by atoms with Crippen LogP contribution in [0.15, 0.2) is 35.0 Å². The van der Waals surface area contributed by atoms with E-state index < -0.39 is 5.97 Å². The van der Waals surface area contributed by atoms with Crippen molar-refractivity contribution in [1.29, 1.82) is 0 Å². The summed E-state index contributed by atoms with van der Waals surface area (Å²) in [6.45, 7) is 5.80. The van der Waals surface area contributed by atoms with E-state index in [0.29, 0.717) is 34.6 Å². The van der Waals surface area contributed by atoms with Crippen LogP contribution in [-0.2, 0) is 17.6 Å². The number of carbonyl (C=O) groups is 1. The van der Waals surface area contributed by atoms with Gasteiger partial charge in [0.25, 0.3) is 5.89 Å². The van der Waals surface area contributed by atoms with Crippen LogP contribution in [0.3, 0.4) is 0 Å². The van der Waals surface area contributed by atoms with Crippen molar-refractivity contribution in [2.75, 3.05) is 0 Å². The third-order valence-corrected chi connectivity index (χ3v) is 4.57. The molecule has 0 unspecified atom stereocenters. The summed E-state index contributed by atoms with van der Waals surface area (Å²) in [6.07, 6.45) is 2.78. The third kappa shape index (κ3) is 4.92. The molecule has 152 valence electrons. The predicted molar refractivity (Wildman–Crippen MR) is 109 cm³/mol. The first-order valence-electron chi connectivity index (χ1n) is 9.38. The first-order chi connectivity index (χ1) is 13.9. The van der Waals surface area contributed by atoms with Gasteiger partial charge in [-0.05, 0) is 43.9 Å². The van der Waals surface area contributed by atoms with Crippen molar-refractivity contribution >= 4 is 17.6 Å². The van der Waals surface area contributed by atoms with E-state index in [1.54, 1.807) is 12.3 Å². The van der Waals surface area contributed by atoms with Crippen molar-refractivity contribution in [1.82, 2.24) is 15.1 Å². The average Bonchev–Trinajstić information content (AvgIpc) is 3.17. The van der Waals surface area contributed by atoms with E-state index in [1.165, 1.54) is 0 Å². The Kier molecular flexibility index (Phi) is 6.49. The molecule has 0 saturated carbocycles. The molecule has 0 fully saturated rings. The second-order valence-corrected chi connectivity index (χ2v) is 7.20. The number of hydrogen-bond donors (Lipinski definition) is 1. The van der Waals surface area contributed by atoms with Crippen LogP contribution in [-0.4, -0.2) is 32.3 Å². The molecule has 0 aliphatic heterocycles. The highest BCUT2D eigenvalue weighted by Crippen LogP contribution is 2.31. The average molecular weight is 416 g/mol. The van der Waals surface area contributed by atoms with E-state index in [4.69, 9.17) is 26.0 Å². The van der Waals surface area contributed by atoms with Gasteiger partial charge in [-0.25, -0.2) is 4.98 Å². The van der Waals surface area contributed by atoms with Gasteiger partial charge in [-0.3, -0.25) is 4.79 Å². The number of benzene rings is 1. The minimum atomic E-state index is -0.825. The van der Waals surface area contributed by atoms with Crippen molar-refractivity contribution < 1.29 is 19.2 Å². The van der Waals surface area contributed by atoms with Crippen LogP contribution in [0.25, 0.3) is 22.8 Å². The summed E-state index contributed by atoms with van der Waals surface area (Å²) in [5, 5.41) is 13.4. The molecule has 7 nitrogen and oxygen atoms in total. The molecular formula is C21H22ClN3O4. The van der Waals surface area contributed by atoms with E-state index in [1.807, 2.05) is 39.0 Å². The molecule has 8 heteroatoms. The summed E-state index contributed by atoms with van der Waals surface area (Å²) in [5.74, 6) is 0.259. The molecule has 0 bridgehead atoms. The van der Waals surface area contributed by atoms with Gasteiger partial charge in [0, 0.05) is 18.2 Å². The van der Waals surface area contributed by atoms with Gasteiger partial charge >= 0.3 is 5.97 Å². The molecule has 2 aromatic heterocycles. The quantitative estimate of drug-likeness (QED) is 0.563. The third-order valence-electron chi connectivity index (χ3n) is 4.30. The monoisotopic (exact) mass is 415 g/mol. The zero-order valence-electron chi connectivity index (χ0n) is 16.5. The summed E-state index contributed by atoms with van der Waals surface area (Å²) in [6, 6.07) is 7.39. The van der Waals surface area contributed by atoms with Crippen LogP contribution in [0.1, 0.15) is 38.3 Å². The Bertz CT molecular complexity index is 1020. The second kappa shape index (κ2) is 9.05. The molecule has 0 spiro atoms. The molecule has 3 aromatic rings. The first-order valence-corrected chi connectivity index (χ1v) is 9.76. The van der Waals surface area contributed by atoms with Crippen molar-refractivity contribution in [2.45, 2.75) is 46.1 Å². The fourth-order valence-corrected chi connectivity index (χ4v) is 3.25. The zero-order chi connectivity index (χ0) is 21.0. The van der Waals surface area contributed by atoms with Gasteiger partial charge in [0.05, 0.1) is 11.7 Å². The number of carboxylic acid groups (broad SMARTS) is 1. The lowest BCUT2D eigenvalue weighted by Crippen LogP contribution is -2.07. The maximum absolute atomic E-state index is 10.9. The largest absolute Gasteiger partial charge is 0.481 e. The smallest absolute Gasteiger partial charge is 0.303 e. The number of nitrogens with zero attached hydrogens (tertiary/aromatic N) is 3. The Morgan fingerprint density at radius 3 is 2.79 bits per heavy atom. The van der Waals surface area contributed by atoms with Crippen molar-refractivity contribution in [3.05, 3.63) is 46.6 Å². The molecular weight excluding hydrogens is 394 g/mol. The molecule has 0 amide bonds.